The van der Waals surface area contributed by atoms with Crippen LogP contribution < -0.4 is 5.32 Å². The van der Waals surface area contributed by atoms with Gasteiger partial charge in [-0.3, -0.25) is 9.36 Å². The van der Waals surface area contributed by atoms with E-state index in [9.17, 15) is 4.79 Å². The number of methoxy groups -OCH3 is 1. The van der Waals surface area contributed by atoms with E-state index in [1.54, 1.807) is 13.4 Å². The summed E-state index contributed by atoms with van der Waals surface area (Å²) in [5, 5.41) is 11.9. The highest BCUT2D eigenvalue weighted by Crippen LogP contribution is 2.28. The standard InChI is InChI=1S/C17H26N4O3S/c1-12(2)11-21-15(14-7-5-10-24-14)19-20-17(21)25-13(3)16(22)18-8-6-9-23-4/h5,7,10,12-13H,6,8-9,11H2,1-4H3,(H,18,22). The zero-order valence-electron chi connectivity index (χ0n) is 15.2. The van der Waals surface area contributed by atoms with Crippen molar-refractivity contribution in [2.75, 3.05) is 20.3 Å². The van der Waals surface area contributed by atoms with Gasteiger partial charge in [0.05, 0.1) is 11.5 Å². The average Bonchev–Trinajstić information content (AvgIpc) is 3.21. The smallest absolute Gasteiger partial charge is 0.233 e. The van der Waals surface area contributed by atoms with Gasteiger partial charge in [-0.15, -0.1) is 10.2 Å². The molecule has 138 valence electrons. The number of nitrogens with zero attached hydrogens (tertiary/aromatic N) is 3. The van der Waals surface area contributed by atoms with Gasteiger partial charge in [0.1, 0.15) is 0 Å². The predicted molar refractivity (Wildman–Crippen MR) is 97.4 cm³/mol. The molecule has 1 unspecified atom stereocenters. The molecular weight excluding hydrogens is 340 g/mol. The quantitative estimate of drug-likeness (QED) is 0.514. The number of thioether (sulfide) groups is 1. The molecule has 2 heterocycles. The van der Waals surface area contributed by atoms with Crippen molar-refractivity contribution < 1.29 is 13.9 Å². The minimum Gasteiger partial charge on any atom is -0.461 e. The largest absolute Gasteiger partial charge is 0.461 e. The van der Waals surface area contributed by atoms with Crippen molar-refractivity contribution in [3.63, 3.8) is 0 Å². The summed E-state index contributed by atoms with van der Waals surface area (Å²) in [6.07, 6.45) is 2.42. The third kappa shape index (κ3) is 5.61. The van der Waals surface area contributed by atoms with Gasteiger partial charge >= 0.3 is 0 Å². The van der Waals surface area contributed by atoms with E-state index >= 15 is 0 Å². The second kappa shape index (κ2) is 9.62. The molecule has 2 aromatic heterocycles. The number of rotatable bonds is 10. The summed E-state index contributed by atoms with van der Waals surface area (Å²) >= 11 is 1.41. The predicted octanol–water partition coefficient (Wildman–Crippen LogP) is 2.83. The number of carbonyl (C=O) groups is 1. The third-order valence-corrected chi connectivity index (χ3v) is 4.56. The number of ether oxygens (including phenoxy) is 1. The Bertz CT molecular complexity index is 655. The fourth-order valence-electron chi connectivity index (χ4n) is 2.28. The van der Waals surface area contributed by atoms with Crippen molar-refractivity contribution in [1.29, 1.82) is 0 Å². The first-order chi connectivity index (χ1) is 12.0. The van der Waals surface area contributed by atoms with Crippen LogP contribution in [0.3, 0.4) is 0 Å². The van der Waals surface area contributed by atoms with Crippen LogP contribution in [0.2, 0.25) is 0 Å². The molecule has 2 rings (SSSR count). The second-order valence-corrected chi connectivity index (χ2v) is 7.49. The van der Waals surface area contributed by atoms with Gasteiger partial charge in [0.25, 0.3) is 0 Å². The van der Waals surface area contributed by atoms with E-state index in [4.69, 9.17) is 9.15 Å². The number of hydrogen-bond donors (Lipinski definition) is 1. The van der Waals surface area contributed by atoms with Crippen LogP contribution in [0.1, 0.15) is 27.2 Å². The number of hydrogen-bond acceptors (Lipinski definition) is 6. The lowest BCUT2D eigenvalue weighted by Gasteiger charge is -2.14. The molecule has 0 bridgehead atoms. The van der Waals surface area contributed by atoms with E-state index in [1.807, 2.05) is 23.6 Å². The van der Waals surface area contributed by atoms with Gasteiger partial charge in [0, 0.05) is 26.8 Å². The van der Waals surface area contributed by atoms with Gasteiger partial charge in [-0.2, -0.15) is 0 Å². The molecule has 8 heteroatoms. The fraction of sp³-hybridized carbons (Fsp3) is 0.588. The van der Waals surface area contributed by atoms with Gasteiger partial charge in [0.2, 0.25) is 5.91 Å². The Kier molecular flexibility index (Phi) is 7.52. The summed E-state index contributed by atoms with van der Waals surface area (Å²) in [5.74, 6) is 1.77. The molecule has 0 spiro atoms. The summed E-state index contributed by atoms with van der Waals surface area (Å²) in [5.41, 5.74) is 0. The molecule has 1 atom stereocenters. The maximum Gasteiger partial charge on any atom is 0.233 e. The molecule has 0 aliphatic heterocycles. The van der Waals surface area contributed by atoms with Gasteiger partial charge in [-0.25, -0.2) is 0 Å². The van der Waals surface area contributed by atoms with Gasteiger partial charge in [-0.1, -0.05) is 25.6 Å². The summed E-state index contributed by atoms with van der Waals surface area (Å²) in [7, 11) is 1.65. The molecule has 0 saturated heterocycles. The van der Waals surface area contributed by atoms with Gasteiger partial charge in [-0.05, 0) is 31.4 Å². The second-order valence-electron chi connectivity index (χ2n) is 6.19. The Labute approximate surface area is 152 Å². The van der Waals surface area contributed by atoms with E-state index in [-0.39, 0.29) is 11.2 Å². The Morgan fingerprint density at radius 3 is 2.84 bits per heavy atom. The lowest BCUT2D eigenvalue weighted by molar-refractivity contribution is -0.120. The highest BCUT2D eigenvalue weighted by Gasteiger charge is 2.22. The van der Waals surface area contributed by atoms with E-state index in [0.717, 1.165) is 18.1 Å². The molecule has 0 aliphatic rings. The molecule has 0 aromatic carbocycles. The Balaban J connectivity index is 2.06. The van der Waals surface area contributed by atoms with Crippen LogP contribution in [-0.2, 0) is 16.1 Å². The van der Waals surface area contributed by atoms with E-state index in [1.165, 1.54) is 11.8 Å². The van der Waals surface area contributed by atoms with Gasteiger partial charge < -0.3 is 14.5 Å². The topological polar surface area (TPSA) is 82.2 Å². The maximum atomic E-state index is 12.2. The van der Waals surface area contributed by atoms with E-state index in [0.29, 0.717) is 30.7 Å². The lowest BCUT2D eigenvalue weighted by Crippen LogP contribution is -2.32. The van der Waals surface area contributed by atoms with Crippen molar-refractivity contribution in [3.05, 3.63) is 18.4 Å². The number of carbonyl (C=O) groups excluding carboxylic acids is 1. The molecule has 0 aliphatic carbocycles. The SMILES string of the molecule is COCCCNC(=O)C(C)Sc1nnc(-c2ccco2)n1CC(C)C. The third-order valence-electron chi connectivity index (χ3n) is 3.48. The van der Waals surface area contributed by atoms with E-state index in [2.05, 4.69) is 29.4 Å². The van der Waals surface area contributed by atoms with Crippen LogP contribution in [0.15, 0.2) is 28.0 Å². The first kappa shape index (κ1) is 19.5. The number of aromatic nitrogens is 3. The summed E-state index contributed by atoms with van der Waals surface area (Å²) in [4.78, 5) is 12.2. The summed E-state index contributed by atoms with van der Waals surface area (Å²) in [6, 6.07) is 3.69. The number of nitrogens with one attached hydrogen (secondary N) is 1. The monoisotopic (exact) mass is 366 g/mol. The van der Waals surface area contributed by atoms with Crippen LogP contribution in [-0.4, -0.2) is 46.2 Å². The lowest BCUT2D eigenvalue weighted by atomic mass is 10.2. The first-order valence-corrected chi connectivity index (χ1v) is 9.31. The normalized spacial score (nSPS) is 12.5. The van der Waals surface area contributed by atoms with Crippen LogP contribution in [0.5, 0.6) is 0 Å². The zero-order valence-corrected chi connectivity index (χ0v) is 16.0. The van der Waals surface area contributed by atoms with Crippen LogP contribution in [0.25, 0.3) is 11.6 Å². The minimum atomic E-state index is -0.262. The molecule has 1 amide bonds. The average molecular weight is 366 g/mol. The molecule has 25 heavy (non-hydrogen) atoms. The highest BCUT2D eigenvalue weighted by atomic mass is 32.2. The zero-order chi connectivity index (χ0) is 18.2. The van der Waals surface area contributed by atoms with Crippen molar-refractivity contribution in [2.45, 2.75) is 44.1 Å². The Morgan fingerprint density at radius 1 is 1.40 bits per heavy atom. The summed E-state index contributed by atoms with van der Waals surface area (Å²) < 4.78 is 12.5. The van der Waals surface area contributed by atoms with Crippen molar-refractivity contribution in [1.82, 2.24) is 20.1 Å². The van der Waals surface area contributed by atoms with Crippen molar-refractivity contribution in [3.8, 4) is 11.6 Å². The van der Waals surface area contributed by atoms with Crippen LogP contribution >= 0.6 is 11.8 Å². The molecule has 0 radical (unpaired) electrons. The Hall–Kier alpha value is -1.80. The maximum absolute atomic E-state index is 12.2. The Morgan fingerprint density at radius 2 is 2.20 bits per heavy atom. The van der Waals surface area contributed by atoms with E-state index < -0.39 is 0 Å². The number of furan rings is 1. The molecule has 7 nitrogen and oxygen atoms in total. The summed E-state index contributed by atoms with van der Waals surface area (Å²) in [6.45, 7) is 8.13. The van der Waals surface area contributed by atoms with Crippen molar-refractivity contribution >= 4 is 17.7 Å². The van der Waals surface area contributed by atoms with Crippen LogP contribution in [0, 0.1) is 5.92 Å². The molecule has 1 N–H and O–H groups in total. The van der Waals surface area contributed by atoms with Crippen LogP contribution in [0.4, 0.5) is 0 Å². The molecule has 0 saturated carbocycles. The van der Waals surface area contributed by atoms with Gasteiger partial charge in [0.15, 0.2) is 16.7 Å². The van der Waals surface area contributed by atoms with Crippen molar-refractivity contribution in [2.24, 2.45) is 5.92 Å². The molecule has 0 fully saturated rings. The molecular formula is C17H26N4O3S. The first-order valence-electron chi connectivity index (χ1n) is 8.43. The highest BCUT2D eigenvalue weighted by molar-refractivity contribution is 8.00. The fourth-order valence-corrected chi connectivity index (χ4v) is 3.16. The molecule has 2 aromatic rings. The minimum absolute atomic E-state index is 0.0141. The number of amides is 1.